The molecular weight excluding hydrogens is 377 g/mol. The van der Waals surface area contributed by atoms with Gasteiger partial charge in [-0.3, -0.25) is 14.2 Å². The standard InChI is InChI=1S/C21H16FN3O2S/c1-24(16-5-3-2-4-6-16)18(26)11-25-13-23-20-19(21(25)27)17(12-28-20)14-7-9-15(22)10-8-14/h2-10,12-13H,11H2,1H3. The molecule has 140 valence electrons. The molecule has 0 saturated carbocycles. The highest BCUT2D eigenvalue weighted by Gasteiger charge is 2.17. The first kappa shape index (κ1) is 18.1. The fraction of sp³-hybridized carbons (Fsp3) is 0.0952. The number of aromatic nitrogens is 2. The molecule has 0 unspecified atom stereocenters. The molecule has 2 aromatic heterocycles. The van der Waals surface area contributed by atoms with Gasteiger partial charge in [0.1, 0.15) is 17.2 Å². The third-order valence-electron chi connectivity index (χ3n) is 4.54. The maximum absolute atomic E-state index is 13.2. The number of carbonyl (C=O) groups is 1. The van der Waals surface area contributed by atoms with E-state index in [0.29, 0.717) is 15.8 Å². The summed E-state index contributed by atoms with van der Waals surface area (Å²) in [7, 11) is 1.67. The predicted octanol–water partition coefficient (Wildman–Crippen LogP) is 3.93. The number of rotatable bonds is 4. The van der Waals surface area contributed by atoms with Crippen LogP contribution in [0.2, 0.25) is 0 Å². The van der Waals surface area contributed by atoms with Gasteiger partial charge in [0.25, 0.3) is 5.56 Å². The van der Waals surface area contributed by atoms with E-state index in [9.17, 15) is 14.0 Å². The Morgan fingerprint density at radius 2 is 1.86 bits per heavy atom. The number of anilines is 1. The Balaban J connectivity index is 1.70. The van der Waals surface area contributed by atoms with Crippen molar-refractivity contribution in [3.8, 4) is 11.1 Å². The fourth-order valence-corrected chi connectivity index (χ4v) is 3.88. The van der Waals surface area contributed by atoms with Crippen LogP contribution in [0.15, 0.2) is 71.1 Å². The van der Waals surface area contributed by atoms with E-state index < -0.39 is 0 Å². The van der Waals surface area contributed by atoms with Crippen molar-refractivity contribution in [2.24, 2.45) is 0 Å². The third-order valence-corrected chi connectivity index (χ3v) is 5.43. The van der Waals surface area contributed by atoms with Crippen molar-refractivity contribution in [3.63, 3.8) is 0 Å². The van der Waals surface area contributed by atoms with Gasteiger partial charge in [-0.05, 0) is 29.8 Å². The van der Waals surface area contributed by atoms with Crippen LogP contribution in [0.1, 0.15) is 0 Å². The van der Waals surface area contributed by atoms with Gasteiger partial charge in [0.15, 0.2) is 0 Å². The second-order valence-corrected chi connectivity index (χ2v) is 7.16. The normalized spacial score (nSPS) is 10.9. The van der Waals surface area contributed by atoms with Crippen LogP contribution in [0.4, 0.5) is 10.1 Å². The summed E-state index contributed by atoms with van der Waals surface area (Å²) in [6.45, 7) is -0.119. The summed E-state index contributed by atoms with van der Waals surface area (Å²) in [6, 6.07) is 15.2. The van der Waals surface area contributed by atoms with Crippen LogP contribution in [-0.2, 0) is 11.3 Å². The van der Waals surface area contributed by atoms with Gasteiger partial charge >= 0.3 is 0 Å². The molecule has 28 heavy (non-hydrogen) atoms. The second-order valence-electron chi connectivity index (χ2n) is 6.30. The number of hydrogen-bond acceptors (Lipinski definition) is 4. The average Bonchev–Trinajstić information content (AvgIpc) is 3.15. The van der Waals surface area contributed by atoms with E-state index in [0.717, 1.165) is 11.3 Å². The number of para-hydroxylation sites is 1. The van der Waals surface area contributed by atoms with Crippen LogP contribution in [0.25, 0.3) is 21.3 Å². The number of likely N-dealkylation sites (N-methyl/N-ethyl adjacent to an activating group) is 1. The molecule has 4 rings (SSSR count). The molecule has 7 heteroatoms. The number of fused-ring (bicyclic) bond motifs is 1. The lowest BCUT2D eigenvalue weighted by Gasteiger charge is -2.17. The van der Waals surface area contributed by atoms with E-state index in [-0.39, 0.29) is 23.8 Å². The van der Waals surface area contributed by atoms with Crippen molar-refractivity contribution >= 4 is 33.1 Å². The van der Waals surface area contributed by atoms with Crippen LogP contribution in [0.3, 0.4) is 0 Å². The SMILES string of the molecule is CN(C(=O)Cn1cnc2scc(-c3ccc(F)cc3)c2c1=O)c1ccccc1. The maximum atomic E-state index is 13.2. The fourth-order valence-electron chi connectivity index (χ4n) is 2.97. The highest BCUT2D eigenvalue weighted by molar-refractivity contribution is 7.17. The first-order valence-corrected chi connectivity index (χ1v) is 9.47. The lowest BCUT2D eigenvalue weighted by atomic mass is 10.1. The average molecular weight is 393 g/mol. The van der Waals surface area contributed by atoms with Crippen molar-refractivity contribution in [2.45, 2.75) is 6.54 Å². The van der Waals surface area contributed by atoms with Gasteiger partial charge in [0.05, 0.1) is 11.7 Å². The Bertz CT molecular complexity index is 1200. The van der Waals surface area contributed by atoms with Gasteiger partial charge < -0.3 is 4.90 Å². The van der Waals surface area contributed by atoms with Crippen LogP contribution in [0.5, 0.6) is 0 Å². The highest BCUT2D eigenvalue weighted by atomic mass is 32.1. The molecule has 0 aliphatic carbocycles. The van der Waals surface area contributed by atoms with Gasteiger partial charge in [0, 0.05) is 23.7 Å². The summed E-state index contributed by atoms with van der Waals surface area (Å²) < 4.78 is 14.5. The molecule has 1 amide bonds. The highest BCUT2D eigenvalue weighted by Crippen LogP contribution is 2.30. The lowest BCUT2D eigenvalue weighted by Crippen LogP contribution is -2.34. The molecule has 4 aromatic rings. The summed E-state index contributed by atoms with van der Waals surface area (Å²) in [4.78, 5) is 32.1. The molecule has 2 heterocycles. The van der Waals surface area contributed by atoms with Gasteiger partial charge in [-0.2, -0.15) is 0 Å². The molecule has 5 nitrogen and oxygen atoms in total. The molecule has 0 N–H and O–H groups in total. The second kappa shape index (κ2) is 7.36. The maximum Gasteiger partial charge on any atom is 0.263 e. The monoisotopic (exact) mass is 393 g/mol. The zero-order chi connectivity index (χ0) is 19.7. The van der Waals surface area contributed by atoms with Crippen LogP contribution >= 0.6 is 11.3 Å². The molecule has 0 aliphatic rings. The third kappa shape index (κ3) is 3.32. The Kier molecular flexibility index (Phi) is 4.75. The summed E-state index contributed by atoms with van der Waals surface area (Å²) in [5, 5.41) is 2.27. The molecule has 0 fully saturated rings. The number of hydrogen-bond donors (Lipinski definition) is 0. The van der Waals surface area contributed by atoms with E-state index in [1.54, 1.807) is 19.2 Å². The first-order valence-electron chi connectivity index (χ1n) is 8.59. The predicted molar refractivity (Wildman–Crippen MR) is 109 cm³/mol. The van der Waals surface area contributed by atoms with Gasteiger partial charge in [0.2, 0.25) is 5.91 Å². The number of amides is 1. The number of halogens is 1. The minimum absolute atomic E-state index is 0.119. The van der Waals surface area contributed by atoms with E-state index in [4.69, 9.17) is 0 Å². The minimum atomic E-state index is -0.339. The Hall–Kier alpha value is -3.32. The summed E-state index contributed by atoms with van der Waals surface area (Å²) in [5.74, 6) is -0.568. The Labute approximate surface area is 164 Å². The van der Waals surface area contributed by atoms with Crippen molar-refractivity contribution in [1.29, 1.82) is 0 Å². The largest absolute Gasteiger partial charge is 0.314 e. The van der Waals surface area contributed by atoms with Gasteiger partial charge in [-0.1, -0.05) is 30.3 Å². The Morgan fingerprint density at radius 1 is 1.14 bits per heavy atom. The smallest absolute Gasteiger partial charge is 0.263 e. The summed E-state index contributed by atoms with van der Waals surface area (Å²) in [6.07, 6.45) is 1.40. The number of benzene rings is 2. The quantitative estimate of drug-likeness (QED) is 0.528. The molecule has 0 atom stereocenters. The van der Waals surface area contributed by atoms with Crippen molar-refractivity contribution in [1.82, 2.24) is 9.55 Å². The van der Waals surface area contributed by atoms with Crippen molar-refractivity contribution < 1.29 is 9.18 Å². The number of thiophene rings is 1. The van der Waals surface area contributed by atoms with E-state index in [2.05, 4.69) is 4.98 Å². The van der Waals surface area contributed by atoms with E-state index >= 15 is 0 Å². The lowest BCUT2D eigenvalue weighted by molar-refractivity contribution is -0.118. The number of nitrogens with zero attached hydrogens (tertiary/aromatic N) is 3. The zero-order valence-electron chi connectivity index (χ0n) is 15.0. The van der Waals surface area contributed by atoms with Crippen LogP contribution < -0.4 is 10.5 Å². The van der Waals surface area contributed by atoms with Gasteiger partial charge in [-0.25, -0.2) is 9.37 Å². The zero-order valence-corrected chi connectivity index (χ0v) is 15.8. The molecule has 0 spiro atoms. The molecular formula is C21H16FN3O2S. The summed E-state index contributed by atoms with van der Waals surface area (Å²) >= 11 is 1.34. The summed E-state index contributed by atoms with van der Waals surface area (Å²) in [5.41, 5.74) is 1.88. The molecule has 0 bridgehead atoms. The van der Waals surface area contributed by atoms with E-state index in [1.165, 1.54) is 39.3 Å². The molecule has 0 radical (unpaired) electrons. The van der Waals surface area contributed by atoms with Crippen LogP contribution in [0, 0.1) is 5.82 Å². The van der Waals surface area contributed by atoms with Gasteiger partial charge in [-0.15, -0.1) is 11.3 Å². The Morgan fingerprint density at radius 3 is 2.57 bits per heavy atom. The van der Waals surface area contributed by atoms with Crippen molar-refractivity contribution in [3.05, 3.63) is 82.5 Å². The topological polar surface area (TPSA) is 55.2 Å². The molecule has 2 aromatic carbocycles. The van der Waals surface area contributed by atoms with Crippen LogP contribution in [-0.4, -0.2) is 22.5 Å². The molecule has 0 saturated heterocycles. The minimum Gasteiger partial charge on any atom is -0.314 e. The molecule has 0 aliphatic heterocycles. The number of carbonyl (C=O) groups excluding carboxylic acids is 1. The first-order chi connectivity index (χ1) is 13.5. The van der Waals surface area contributed by atoms with Crippen molar-refractivity contribution in [2.75, 3.05) is 11.9 Å². The van der Waals surface area contributed by atoms with E-state index in [1.807, 2.05) is 35.7 Å².